The van der Waals surface area contributed by atoms with Crippen LogP contribution in [-0.4, -0.2) is 38.5 Å². The first kappa shape index (κ1) is 23.1. The number of methoxy groups -OCH3 is 2. The van der Waals surface area contributed by atoms with Gasteiger partial charge in [-0.25, -0.2) is 0 Å². The molecule has 3 rings (SSSR count). The molecule has 0 aliphatic carbocycles. The van der Waals surface area contributed by atoms with Gasteiger partial charge in [0.05, 0.1) is 25.5 Å². The van der Waals surface area contributed by atoms with Gasteiger partial charge < -0.3 is 30.6 Å². The molecule has 0 heterocycles. The third-order valence-corrected chi connectivity index (χ3v) is 4.60. The van der Waals surface area contributed by atoms with Crippen molar-refractivity contribution in [1.29, 1.82) is 0 Å². The first-order valence-electron chi connectivity index (χ1n) is 9.86. The Hall–Kier alpha value is -4.53. The van der Waals surface area contributed by atoms with E-state index in [1.54, 1.807) is 60.7 Å². The summed E-state index contributed by atoms with van der Waals surface area (Å²) in [5.74, 6) is -0.579. The van der Waals surface area contributed by atoms with Crippen molar-refractivity contribution >= 4 is 29.1 Å². The lowest BCUT2D eigenvalue weighted by molar-refractivity contribution is -0.118. The van der Waals surface area contributed by atoms with E-state index < -0.39 is 11.8 Å². The molecule has 9 nitrogen and oxygen atoms in total. The van der Waals surface area contributed by atoms with E-state index in [1.807, 2.05) is 0 Å². The third kappa shape index (κ3) is 5.79. The number of anilines is 2. The quantitative estimate of drug-likeness (QED) is 0.460. The third-order valence-electron chi connectivity index (χ3n) is 4.60. The van der Waals surface area contributed by atoms with Crippen molar-refractivity contribution in [3.8, 4) is 17.2 Å². The van der Waals surface area contributed by atoms with E-state index in [-0.39, 0.29) is 29.6 Å². The summed E-state index contributed by atoms with van der Waals surface area (Å²) in [4.78, 5) is 36.4. The van der Waals surface area contributed by atoms with Crippen LogP contribution in [0.5, 0.6) is 17.2 Å². The van der Waals surface area contributed by atoms with Gasteiger partial charge in [0.25, 0.3) is 17.7 Å². The number of rotatable bonds is 9. The molecule has 33 heavy (non-hydrogen) atoms. The number of carbonyl (C=O) groups is 3. The fraction of sp³-hybridized carbons (Fsp3) is 0.125. The second-order valence-corrected chi connectivity index (χ2v) is 6.77. The lowest BCUT2D eigenvalue weighted by Crippen LogP contribution is -2.22. The molecule has 0 radical (unpaired) electrons. The number of carbonyl (C=O) groups excluding carboxylic acids is 3. The Morgan fingerprint density at radius 3 is 2.15 bits per heavy atom. The number of nitrogens with one attached hydrogen (secondary N) is 2. The first-order valence-corrected chi connectivity index (χ1v) is 9.86. The van der Waals surface area contributed by atoms with E-state index in [1.165, 1.54) is 20.3 Å². The summed E-state index contributed by atoms with van der Waals surface area (Å²) in [6.07, 6.45) is 0. The van der Waals surface area contributed by atoms with Gasteiger partial charge in [0.1, 0.15) is 5.75 Å². The molecule has 9 heteroatoms. The summed E-state index contributed by atoms with van der Waals surface area (Å²) in [6, 6.07) is 18.1. The summed E-state index contributed by atoms with van der Waals surface area (Å²) in [7, 11) is 2.94. The van der Waals surface area contributed by atoms with Gasteiger partial charge in [-0.05, 0) is 48.5 Å². The predicted octanol–water partition coefficient (Wildman–Crippen LogP) is 3.07. The van der Waals surface area contributed by atoms with Crippen LogP contribution >= 0.6 is 0 Å². The SMILES string of the molecule is COc1ccccc1NC(=O)c1ccc(NC(=O)COc2c(OC)cccc2C(N)=O)cc1. The lowest BCUT2D eigenvalue weighted by Gasteiger charge is -2.13. The fourth-order valence-corrected chi connectivity index (χ4v) is 3.00. The van der Waals surface area contributed by atoms with E-state index in [0.29, 0.717) is 22.7 Å². The van der Waals surface area contributed by atoms with E-state index >= 15 is 0 Å². The molecule has 0 bridgehead atoms. The van der Waals surface area contributed by atoms with Crippen LogP contribution in [-0.2, 0) is 4.79 Å². The van der Waals surface area contributed by atoms with Gasteiger partial charge in [0, 0.05) is 11.3 Å². The van der Waals surface area contributed by atoms with Crippen LogP contribution in [0, 0.1) is 0 Å². The second kappa shape index (κ2) is 10.7. The Morgan fingerprint density at radius 2 is 1.48 bits per heavy atom. The molecule has 4 N–H and O–H groups in total. The van der Waals surface area contributed by atoms with Crippen LogP contribution in [0.4, 0.5) is 11.4 Å². The van der Waals surface area contributed by atoms with Crippen molar-refractivity contribution in [1.82, 2.24) is 0 Å². The van der Waals surface area contributed by atoms with Gasteiger partial charge in [-0.15, -0.1) is 0 Å². The molecular weight excluding hydrogens is 426 g/mol. The minimum absolute atomic E-state index is 0.0889. The average Bonchev–Trinajstić information content (AvgIpc) is 2.83. The predicted molar refractivity (Wildman–Crippen MR) is 123 cm³/mol. The summed E-state index contributed by atoms with van der Waals surface area (Å²) in [6.45, 7) is -0.378. The Labute approximate surface area is 190 Å². The molecule has 0 aliphatic rings. The smallest absolute Gasteiger partial charge is 0.262 e. The topological polar surface area (TPSA) is 129 Å². The van der Waals surface area contributed by atoms with Crippen molar-refractivity contribution in [3.63, 3.8) is 0 Å². The van der Waals surface area contributed by atoms with Crippen LogP contribution < -0.4 is 30.6 Å². The normalized spacial score (nSPS) is 10.1. The van der Waals surface area contributed by atoms with Crippen molar-refractivity contribution in [2.75, 3.05) is 31.5 Å². The molecule has 0 spiro atoms. The molecule has 3 amide bonds. The van der Waals surface area contributed by atoms with E-state index in [9.17, 15) is 14.4 Å². The van der Waals surface area contributed by atoms with Crippen LogP contribution in [0.2, 0.25) is 0 Å². The van der Waals surface area contributed by atoms with Gasteiger partial charge in [-0.2, -0.15) is 0 Å². The molecule has 0 saturated heterocycles. The Balaban J connectivity index is 1.61. The highest BCUT2D eigenvalue weighted by Gasteiger charge is 2.16. The van der Waals surface area contributed by atoms with Crippen molar-refractivity contribution in [2.45, 2.75) is 0 Å². The van der Waals surface area contributed by atoms with Gasteiger partial charge in [0.15, 0.2) is 18.1 Å². The summed E-state index contributed by atoms with van der Waals surface area (Å²) in [5, 5.41) is 5.44. The zero-order valence-corrected chi connectivity index (χ0v) is 18.1. The summed E-state index contributed by atoms with van der Waals surface area (Å²) >= 11 is 0. The molecule has 0 aromatic heterocycles. The Bertz CT molecular complexity index is 1160. The number of primary amides is 1. The molecule has 3 aromatic carbocycles. The summed E-state index contributed by atoms with van der Waals surface area (Å²) in [5.41, 5.74) is 6.87. The van der Waals surface area contributed by atoms with Gasteiger partial charge in [0.2, 0.25) is 0 Å². The molecule has 170 valence electrons. The maximum Gasteiger partial charge on any atom is 0.262 e. The highest BCUT2D eigenvalue weighted by atomic mass is 16.5. The number of ether oxygens (including phenoxy) is 3. The number of para-hydroxylation sites is 3. The minimum atomic E-state index is -0.703. The molecule has 0 unspecified atom stereocenters. The van der Waals surface area contributed by atoms with E-state index in [4.69, 9.17) is 19.9 Å². The maximum absolute atomic E-state index is 12.5. The zero-order valence-electron chi connectivity index (χ0n) is 18.1. The average molecular weight is 449 g/mol. The van der Waals surface area contributed by atoms with Gasteiger partial charge >= 0.3 is 0 Å². The number of nitrogens with two attached hydrogens (primary N) is 1. The number of hydrogen-bond donors (Lipinski definition) is 3. The lowest BCUT2D eigenvalue weighted by atomic mass is 10.1. The van der Waals surface area contributed by atoms with Gasteiger partial charge in [-0.3, -0.25) is 14.4 Å². The molecule has 0 atom stereocenters. The fourth-order valence-electron chi connectivity index (χ4n) is 3.00. The summed E-state index contributed by atoms with van der Waals surface area (Å²) < 4.78 is 15.9. The molecular formula is C24H23N3O6. The van der Waals surface area contributed by atoms with E-state index in [2.05, 4.69) is 10.6 Å². The molecule has 0 fully saturated rings. The van der Waals surface area contributed by atoms with Crippen LogP contribution in [0.1, 0.15) is 20.7 Å². The monoisotopic (exact) mass is 449 g/mol. The van der Waals surface area contributed by atoms with Gasteiger partial charge in [-0.1, -0.05) is 18.2 Å². The largest absolute Gasteiger partial charge is 0.495 e. The standard InChI is InChI=1S/C24H23N3O6/c1-31-19-8-4-3-7-18(19)27-24(30)15-10-12-16(13-11-15)26-21(28)14-33-22-17(23(25)29)6-5-9-20(22)32-2/h3-13H,14H2,1-2H3,(H2,25,29)(H,26,28)(H,27,30). The van der Waals surface area contributed by atoms with Crippen molar-refractivity contribution < 1.29 is 28.6 Å². The maximum atomic E-state index is 12.5. The van der Waals surface area contributed by atoms with Crippen LogP contribution in [0.3, 0.4) is 0 Å². The first-order chi connectivity index (χ1) is 15.9. The van der Waals surface area contributed by atoms with Crippen LogP contribution in [0.15, 0.2) is 66.7 Å². The van der Waals surface area contributed by atoms with E-state index in [0.717, 1.165) is 0 Å². The molecule has 0 saturated carbocycles. The second-order valence-electron chi connectivity index (χ2n) is 6.77. The van der Waals surface area contributed by atoms with Crippen LogP contribution in [0.25, 0.3) is 0 Å². The zero-order chi connectivity index (χ0) is 23.8. The minimum Gasteiger partial charge on any atom is -0.495 e. The highest BCUT2D eigenvalue weighted by Crippen LogP contribution is 2.30. The van der Waals surface area contributed by atoms with Crippen molar-refractivity contribution in [3.05, 3.63) is 77.9 Å². The number of amides is 3. The Kier molecular flexibility index (Phi) is 7.48. The van der Waals surface area contributed by atoms with Crippen molar-refractivity contribution in [2.24, 2.45) is 5.73 Å². The Morgan fingerprint density at radius 1 is 0.818 bits per heavy atom. The highest BCUT2D eigenvalue weighted by molar-refractivity contribution is 6.05. The number of hydrogen-bond acceptors (Lipinski definition) is 6. The molecule has 0 aliphatic heterocycles. The molecule has 3 aromatic rings. The number of benzene rings is 3.